The molecule has 0 unspecified atom stereocenters. The van der Waals surface area contributed by atoms with E-state index in [-0.39, 0.29) is 48.6 Å². The van der Waals surface area contributed by atoms with Gasteiger partial charge in [0.1, 0.15) is 22.9 Å². The number of amides is 1. The molecule has 244 valence electrons. The molecule has 2 heterocycles. The molecular weight excluding hydrogens is 562 g/mol. The number of hydrogen-bond donors (Lipinski definition) is 0. The van der Waals surface area contributed by atoms with Crippen molar-refractivity contribution in [2.24, 2.45) is 39.9 Å². The third-order valence-corrected chi connectivity index (χ3v) is 12.1. The third-order valence-electron chi connectivity index (χ3n) is 12.1. The number of carbonyl (C=O) groups is 5. The van der Waals surface area contributed by atoms with E-state index in [4.69, 9.17) is 14.2 Å². The van der Waals surface area contributed by atoms with Gasteiger partial charge in [-0.05, 0) is 83.1 Å². The van der Waals surface area contributed by atoms with Crippen molar-refractivity contribution in [3.63, 3.8) is 0 Å². The zero-order chi connectivity index (χ0) is 32.6. The summed E-state index contributed by atoms with van der Waals surface area (Å²) in [6.07, 6.45) is 4.06. The maximum Gasteiger partial charge on any atom is 0.412 e. The van der Waals surface area contributed by atoms with Gasteiger partial charge in [0.25, 0.3) is 0 Å². The monoisotopic (exact) mass is 613 g/mol. The molecule has 5 aliphatic rings. The molecule has 9 atom stereocenters. The number of hydrogen-bond acceptors (Lipinski definition) is 8. The molecule has 9 nitrogen and oxygen atoms in total. The number of carbonyl (C=O) groups excluding carboxylic acids is 5. The number of ketones is 3. The second-order valence-electron chi connectivity index (χ2n) is 16.3. The molecule has 5 rings (SSSR count). The smallest absolute Gasteiger partial charge is 0.412 e. The lowest BCUT2D eigenvalue weighted by Gasteiger charge is -2.64. The zero-order valence-corrected chi connectivity index (χ0v) is 28.0. The van der Waals surface area contributed by atoms with Gasteiger partial charge in [-0.1, -0.05) is 33.3 Å². The fourth-order valence-corrected chi connectivity index (χ4v) is 9.97. The van der Waals surface area contributed by atoms with Gasteiger partial charge in [-0.3, -0.25) is 24.1 Å². The summed E-state index contributed by atoms with van der Waals surface area (Å²) >= 11 is 0. The molecule has 4 fully saturated rings. The van der Waals surface area contributed by atoms with Gasteiger partial charge < -0.3 is 14.2 Å². The topological polar surface area (TPSA) is 116 Å². The minimum atomic E-state index is -1.09. The molecule has 2 saturated carbocycles. The third kappa shape index (κ3) is 5.15. The Labute approximate surface area is 261 Å². The van der Waals surface area contributed by atoms with Gasteiger partial charge in [-0.15, -0.1) is 0 Å². The number of fused-ring (bicyclic) bond motifs is 5. The number of methoxy groups -OCH3 is 1. The molecule has 1 amide bonds. The van der Waals surface area contributed by atoms with Gasteiger partial charge in [0.15, 0.2) is 5.78 Å². The van der Waals surface area contributed by atoms with Crippen LogP contribution in [0.3, 0.4) is 0 Å². The number of nitrogens with zero attached hydrogens (tertiary/aromatic N) is 1. The largest absolute Gasteiger partial charge is 0.469 e. The van der Waals surface area contributed by atoms with E-state index in [0.29, 0.717) is 38.1 Å². The highest BCUT2D eigenvalue weighted by Gasteiger charge is 2.70. The number of rotatable bonds is 5. The summed E-state index contributed by atoms with van der Waals surface area (Å²) < 4.78 is 17.6. The summed E-state index contributed by atoms with van der Waals surface area (Å²) in [7, 11) is 1.33. The van der Waals surface area contributed by atoms with Crippen LogP contribution in [0.4, 0.5) is 4.79 Å². The summed E-state index contributed by atoms with van der Waals surface area (Å²) in [6, 6.07) is 0. The summed E-state index contributed by atoms with van der Waals surface area (Å²) in [5.41, 5.74) is -3.60. The van der Waals surface area contributed by atoms with Crippen molar-refractivity contribution < 1.29 is 38.2 Å². The Morgan fingerprint density at radius 1 is 1.09 bits per heavy atom. The van der Waals surface area contributed by atoms with Gasteiger partial charge in [-0.2, -0.15) is 0 Å². The van der Waals surface area contributed by atoms with Crippen LogP contribution in [0.15, 0.2) is 11.6 Å². The fraction of sp³-hybridized carbons (Fsp3) is 0.800. The first-order valence-electron chi connectivity index (χ1n) is 16.3. The molecule has 44 heavy (non-hydrogen) atoms. The molecule has 9 heteroatoms. The van der Waals surface area contributed by atoms with E-state index in [0.717, 1.165) is 12.0 Å². The highest BCUT2D eigenvalue weighted by molar-refractivity contribution is 6.00. The van der Waals surface area contributed by atoms with Crippen molar-refractivity contribution in [1.29, 1.82) is 0 Å². The predicted octanol–water partition coefficient (Wildman–Crippen LogP) is 5.82. The van der Waals surface area contributed by atoms with Crippen molar-refractivity contribution in [2.45, 2.75) is 124 Å². The fourth-order valence-electron chi connectivity index (χ4n) is 9.97. The van der Waals surface area contributed by atoms with Crippen LogP contribution >= 0.6 is 0 Å². The Hall–Kier alpha value is -2.55. The second-order valence-corrected chi connectivity index (χ2v) is 16.3. The standard InChI is InChI=1S/C35H51NO8/c1-20-13-24-23(25(37)14-20)15-26(38)29-32(24,6)17-27(39)33(7,34(29,8)18-28(40)42-9)10-11-35-16-21(2)12-22(43-35)19-36(35)30(41)44-31(3,4)5/h14,21-24,29H,10-13,15-19H2,1-9H3/t21-,22+,23-,24+,29-,32-,33+,34-,35-/m0/s1. The number of allylic oxidation sites excluding steroid dienone is 2. The predicted molar refractivity (Wildman–Crippen MR) is 162 cm³/mol. The lowest BCUT2D eigenvalue weighted by Crippen LogP contribution is -2.67. The minimum Gasteiger partial charge on any atom is -0.469 e. The number of likely N-dealkylation sites (tertiary alicyclic amines) is 1. The van der Waals surface area contributed by atoms with E-state index in [1.54, 1.807) is 11.0 Å². The second kappa shape index (κ2) is 10.8. The first-order valence-corrected chi connectivity index (χ1v) is 16.3. The summed E-state index contributed by atoms with van der Waals surface area (Å²) in [5.74, 6) is -1.50. The van der Waals surface area contributed by atoms with Crippen LogP contribution in [0, 0.1) is 39.9 Å². The van der Waals surface area contributed by atoms with Gasteiger partial charge in [0.2, 0.25) is 0 Å². The Balaban J connectivity index is 1.54. The number of esters is 1. The van der Waals surface area contributed by atoms with Crippen LogP contribution in [-0.4, -0.2) is 65.4 Å². The van der Waals surface area contributed by atoms with Crippen LogP contribution < -0.4 is 0 Å². The maximum atomic E-state index is 14.6. The Kier molecular flexibility index (Phi) is 8.04. The molecule has 2 bridgehead atoms. The first kappa shape index (κ1) is 32.8. The van der Waals surface area contributed by atoms with Crippen LogP contribution in [-0.2, 0) is 33.4 Å². The quantitative estimate of drug-likeness (QED) is 0.356. The summed E-state index contributed by atoms with van der Waals surface area (Å²) in [5, 5.41) is 0. The van der Waals surface area contributed by atoms with Gasteiger partial charge in [0.05, 0.1) is 26.2 Å². The van der Waals surface area contributed by atoms with E-state index >= 15 is 0 Å². The Bertz CT molecular complexity index is 1300. The highest BCUT2D eigenvalue weighted by Crippen LogP contribution is 2.68. The molecule has 0 spiro atoms. The van der Waals surface area contributed by atoms with Crippen molar-refractivity contribution in [3.8, 4) is 0 Å². The highest BCUT2D eigenvalue weighted by atomic mass is 16.6. The average molecular weight is 614 g/mol. The lowest BCUT2D eigenvalue weighted by atomic mass is 9.37. The minimum absolute atomic E-state index is 0.0191. The van der Waals surface area contributed by atoms with Crippen LogP contribution in [0.2, 0.25) is 0 Å². The van der Waals surface area contributed by atoms with E-state index < -0.39 is 51.5 Å². The summed E-state index contributed by atoms with van der Waals surface area (Å²) in [6.45, 7) is 15.8. The van der Waals surface area contributed by atoms with Crippen molar-refractivity contribution in [2.75, 3.05) is 13.7 Å². The molecule has 3 aliphatic carbocycles. The van der Waals surface area contributed by atoms with Gasteiger partial charge in [-0.25, -0.2) is 4.79 Å². The SMILES string of the molecule is COC(=O)C[C@@]1(C)[C@H]2C(=O)C[C@@H]3C(=O)C=C(C)C[C@H]3[C@]2(C)CC(=O)[C@@]1(C)CC[C@]12C[C@@H](C)C[C@H](CN1C(=O)OC(C)(C)C)O2. The van der Waals surface area contributed by atoms with Crippen LogP contribution in [0.25, 0.3) is 0 Å². The molecule has 0 aromatic rings. The molecular formula is C35H51NO8. The normalized spacial score (nSPS) is 41.9. The molecule has 0 aromatic heterocycles. The molecule has 0 N–H and O–H groups in total. The maximum absolute atomic E-state index is 14.6. The first-order chi connectivity index (χ1) is 20.3. The Morgan fingerprint density at radius 2 is 1.77 bits per heavy atom. The van der Waals surface area contributed by atoms with Crippen molar-refractivity contribution in [1.82, 2.24) is 4.90 Å². The van der Waals surface area contributed by atoms with E-state index in [1.165, 1.54) is 7.11 Å². The van der Waals surface area contributed by atoms with Crippen molar-refractivity contribution >= 4 is 29.4 Å². The summed E-state index contributed by atoms with van der Waals surface area (Å²) in [4.78, 5) is 70.3. The average Bonchev–Trinajstić information content (AvgIpc) is 3.16. The zero-order valence-electron chi connectivity index (χ0n) is 28.0. The molecule has 2 aliphatic heterocycles. The van der Waals surface area contributed by atoms with Gasteiger partial charge >= 0.3 is 12.1 Å². The lowest BCUT2D eigenvalue weighted by molar-refractivity contribution is -0.195. The van der Waals surface area contributed by atoms with Gasteiger partial charge in [0, 0.05) is 35.5 Å². The van der Waals surface area contributed by atoms with E-state index in [1.807, 2.05) is 48.5 Å². The molecule has 0 aromatic carbocycles. The van der Waals surface area contributed by atoms with E-state index in [2.05, 4.69) is 6.92 Å². The van der Waals surface area contributed by atoms with Crippen LogP contribution in [0.5, 0.6) is 0 Å². The van der Waals surface area contributed by atoms with Crippen molar-refractivity contribution in [3.05, 3.63) is 11.6 Å². The number of Topliss-reactive ketones (excluding diaryl/α,β-unsaturated/α-hetero) is 2. The van der Waals surface area contributed by atoms with Crippen LogP contribution in [0.1, 0.15) is 107 Å². The van der Waals surface area contributed by atoms with E-state index in [9.17, 15) is 24.0 Å². The molecule has 2 saturated heterocycles. The molecule has 0 radical (unpaired) electrons. The number of ether oxygens (including phenoxy) is 3. The Morgan fingerprint density at radius 3 is 2.41 bits per heavy atom.